The van der Waals surface area contributed by atoms with Gasteiger partial charge in [-0.3, -0.25) is 10.1 Å². The third-order valence-corrected chi connectivity index (χ3v) is 2.86. The van der Waals surface area contributed by atoms with Crippen LogP contribution in [0.15, 0.2) is 24.3 Å². The number of rotatable bonds is 3. The Bertz CT molecular complexity index is 324. The van der Waals surface area contributed by atoms with Gasteiger partial charge in [0.25, 0.3) is 0 Å². The van der Waals surface area contributed by atoms with E-state index in [1.165, 1.54) is 11.1 Å². The molecule has 0 aromatic heterocycles. The summed E-state index contributed by atoms with van der Waals surface area (Å²) >= 11 is 0. The molecule has 3 heteroatoms. The second-order valence-corrected chi connectivity index (χ2v) is 3.89. The van der Waals surface area contributed by atoms with E-state index in [2.05, 4.69) is 12.1 Å². The van der Waals surface area contributed by atoms with Crippen LogP contribution >= 0.6 is 0 Å². The second-order valence-electron chi connectivity index (χ2n) is 3.89. The summed E-state index contributed by atoms with van der Waals surface area (Å²) in [5.41, 5.74) is 2.75. The van der Waals surface area contributed by atoms with Crippen molar-refractivity contribution in [2.75, 3.05) is 6.54 Å². The van der Waals surface area contributed by atoms with Crippen molar-refractivity contribution >= 4 is 0 Å². The van der Waals surface area contributed by atoms with Crippen LogP contribution in [0.2, 0.25) is 0 Å². The molecular formula is C11H13NO2. The van der Waals surface area contributed by atoms with Gasteiger partial charge >= 0.3 is 0 Å². The molecule has 2 rings (SSSR count). The SMILES string of the molecule is O=[N+]([O-])CCC1Cc2ccccc2C1. The van der Waals surface area contributed by atoms with Crippen LogP contribution in [0.3, 0.4) is 0 Å². The van der Waals surface area contributed by atoms with Gasteiger partial charge in [0.15, 0.2) is 0 Å². The highest BCUT2D eigenvalue weighted by Crippen LogP contribution is 2.28. The normalized spacial score (nSPS) is 15.4. The average Bonchev–Trinajstić information content (AvgIpc) is 2.57. The Kier molecular flexibility index (Phi) is 2.48. The minimum Gasteiger partial charge on any atom is -0.265 e. The van der Waals surface area contributed by atoms with Gasteiger partial charge < -0.3 is 0 Å². The quantitative estimate of drug-likeness (QED) is 0.542. The third kappa shape index (κ3) is 1.92. The summed E-state index contributed by atoms with van der Waals surface area (Å²) in [7, 11) is 0. The molecule has 74 valence electrons. The minimum atomic E-state index is -0.219. The van der Waals surface area contributed by atoms with Gasteiger partial charge in [-0.2, -0.15) is 0 Å². The lowest BCUT2D eigenvalue weighted by Gasteiger charge is -2.03. The van der Waals surface area contributed by atoms with Crippen molar-refractivity contribution in [2.24, 2.45) is 5.92 Å². The van der Waals surface area contributed by atoms with E-state index in [0.29, 0.717) is 12.3 Å². The molecule has 1 aliphatic rings. The molecular weight excluding hydrogens is 178 g/mol. The van der Waals surface area contributed by atoms with Crippen LogP contribution < -0.4 is 0 Å². The summed E-state index contributed by atoms with van der Waals surface area (Å²) in [6.45, 7) is 0.110. The van der Waals surface area contributed by atoms with E-state index in [1.54, 1.807) is 0 Å². The van der Waals surface area contributed by atoms with Crippen molar-refractivity contribution in [2.45, 2.75) is 19.3 Å². The maximum atomic E-state index is 10.2. The largest absolute Gasteiger partial charge is 0.265 e. The van der Waals surface area contributed by atoms with Crippen molar-refractivity contribution < 1.29 is 4.92 Å². The van der Waals surface area contributed by atoms with E-state index < -0.39 is 0 Å². The van der Waals surface area contributed by atoms with E-state index in [0.717, 1.165) is 12.8 Å². The summed E-state index contributed by atoms with van der Waals surface area (Å²) in [6, 6.07) is 8.33. The summed E-state index contributed by atoms with van der Waals surface area (Å²) < 4.78 is 0. The van der Waals surface area contributed by atoms with Crippen LogP contribution in [0.25, 0.3) is 0 Å². The van der Waals surface area contributed by atoms with Gasteiger partial charge in [0.05, 0.1) is 0 Å². The van der Waals surface area contributed by atoms with Gasteiger partial charge in [-0.15, -0.1) is 0 Å². The van der Waals surface area contributed by atoms with Gasteiger partial charge in [-0.25, -0.2) is 0 Å². The number of fused-ring (bicyclic) bond motifs is 1. The smallest absolute Gasteiger partial charge is 0.204 e. The summed E-state index contributed by atoms with van der Waals surface area (Å²) in [4.78, 5) is 10.0. The zero-order chi connectivity index (χ0) is 9.97. The average molecular weight is 191 g/mol. The number of hydrogen-bond acceptors (Lipinski definition) is 2. The summed E-state index contributed by atoms with van der Waals surface area (Å²) in [5, 5.41) is 10.2. The minimum absolute atomic E-state index is 0.110. The lowest BCUT2D eigenvalue weighted by atomic mass is 10.0. The Morgan fingerprint density at radius 3 is 2.36 bits per heavy atom. The molecule has 1 aromatic rings. The van der Waals surface area contributed by atoms with Crippen molar-refractivity contribution in [1.82, 2.24) is 0 Å². The molecule has 1 aromatic carbocycles. The molecule has 3 nitrogen and oxygen atoms in total. The van der Waals surface area contributed by atoms with Crippen molar-refractivity contribution in [3.05, 3.63) is 45.5 Å². The fourth-order valence-corrected chi connectivity index (χ4v) is 2.14. The van der Waals surface area contributed by atoms with Gasteiger partial charge in [0, 0.05) is 11.3 Å². The number of nitro groups is 1. The van der Waals surface area contributed by atoms with E-state index in [4.69, 9.17) is 0 Å². The van der Waals surface area contributed by atoms with Crippen LogP contribution in [0.1, 0.15) is 17.5 Å². The first-order valence-corrected chi connectivity index (χ1v) is 4.94. The van der Waals surface area contributed by atoms with Crippen molar-refractivity contribution in [1.29, 1.82) is 0 Å². The van der Waals surface area contributed by atoms with Gasteiger partial charge in [0.1, 0.15) is 0 Å². The monoisotopic (exact) mass is 191 g/mol. The molecule has 0 amide bonds. The van der Waals surface area contributed by atoms with E-state index in [9.17, 15) is 10.1 Å². The Morgan fingerprint density at radius 2 is 1.86 bits per heavy atom. The van der Waals surface area contributed by atoms with E-state index in [1.807, 2.05) is 12.1 Å². The molecule has 14 heavy (non-hydrogen) atoms. The molecule has 0 spiro atoms. The first-order chi connectivity index (χ1) is 6.75. The molecule has 0 fully saturated rings. The highest BCUT2D eigenvalue weighted by atomic mass is 16.6. The predicted molar refractivity (Wildman–Crippen MR) is 53.8 cm³/mol. The molecule has 0 bridgehead atoms. The van der Waals surface area contributed by atoms with Crippen LogP contribution in [-0.2, 0) is 12.8 Å². The van der Waals surface area contributed by atoms with Crippen LogP contribution in [-0.4, -0.2) is 11.5 Å². The molecule has 0 radical (unpaired) electrons. The zero-order valence-electron chi connectivity index (χ0n) is 7.98. The van der Waals surface area contributed by atoms with Crippen LogP contribution in [0.5, 0.6) is 0 Å². The molecule has 1 aliphatic carbocycles. The fraction of sp³-hybridized carbons (Fsp3) is 0.455. The molecule has 0 atom stereocenters. The second kappa shape index (κ2) is 3.78. The predicted octanol–water partition coefficient (Wildman–Crippen LogP) is 2.07. The molecule has 0 saturated carbocycles. The van der Waals surface area contributed by atoms with E-state index >= 15 is 0 Å². The van der Waals surface area contributed by atoms with Crippen molar-refractivity contribution in [3.63, 3.8) is 0 Å². The molecule has 0 heterocycles. The molecule has 0 saturated heterocycles. The molecule has 0 N–H and O–H groups in total. The lowest BCUT2D eigenvalue weighted by Crippen LogP contribution is -2.08. The Labute approximate surface area is 82.9 Å². The maximum Gasteiger partial charge on any atom is 0.204 e. The highest BCUT2D eigenvalue weighted by molar-refractivity contribution is 5.31. The highest BCUT2D eigenvalue weighted by Gasteiger charge is 2.21. The summed E-state index contributed by atoms with van der Waals surface area (Å²) in [6.07, 6.45) is 2.75. The van der Waals surface area contributed by atoms with Gasteiger partial charge in [-0.1, -0.05) is 24.3 Å². The third-order valence-electron chi connectivity index (χ3n) is 2.86. The zero-order valence-corrected chi connectivity index (χ0v) is 7.98. The number of nitrogens with zero attached hydrogens (tertiary/aromatic N) is 1. The van der Waals surface area contributed by atoms with Crippen molar-refractivity contribution in [3.8, 4) is 0 Å². The standard InChI is InChI=1S/C11H13NO2/c13-12(14)6-5-9-7-10-3-1-2-4-11(10)8-9/h1-4,9H,5-8H2. The number of hydrogen-bond donors (Lipinski definition) is 0. The van der Waals surface area contributed by atoms with E-state index in [-0.39, 0.29) is 11.5 Å². The Hall–Kier alpha value is -1.38. The van der Waals surface area contributed by atoms with Crippen LogP contribution in [0.4, 0.5) is 0 Å². The summed E-state index contributed by atoms with van der Waals surface area (Å²) in [5.74, 6) is 0.484. The maximum absolute atomic E-state index is 10.2. The Morgan fingerprint density at radius 1 is 1.29 bits per heavy atom. The Balaban J connectivity index is 1.95. The number of benzene rings is 1. The molecule has 0 aliphatic heterocycles. The van der Waals surface area contributed by atoms with Crippen LogP contribution in [0, 0.1) is 16.0 Å². The first kappa shape index (κ1) is 9.19. The fourth-order valence-electron chi connectivity index (χ4n) is 2.14. The first-order valence-electron chi connectivity index (χ1n) is 4.94. The topological polar surface area (TPSA) is 43.1 Å². The molecule has 0 unspecified atom stereocenters. The van der Waals surface area contributed by atoms with Gasteiger partial charge in [-0.05, 0) is 29.9 Å². The van der Waals surface area contributed by atoms with Gasteiger partial charge in [0.2, 0.25) is 6.54 Å². The lowest BCUT2D eigenvalue weighted by molar-refractivity contribution is -0.481.